The van der Waals surface area contributed by atoms with Crippen LogP contribution in [0.4, 0.5) is 27.8 Å². The lowest BCUT2D eigenvalue weighted by atomic mass is 10.1. The van der Waals surface area contributed by atoms with Crippen molar-refractivity contribution >= 4 is 34.2 Å². The van der Waals surface area contributed by atoms with E-state index in [0.29, 0.717) is 23.2 Å². The van der Waals surface area contributed by atoms with E-state index in [1.165, 1.54) is 48.9 Å². The fraction of sp³-hybridized carbons (Fsp3) is 0.250. The van der Waals surface area contributed by atoms with Gasteiger partial charge < -0.3 is 15.5 Å². The van der Waals surface area contributed by atoms with E-state index in [0.717, 1.165) is 17.0 Å². The molecule has 0 saturated carbocycles. The van der Waals surface area contributed by atoms with E-state index < -0.39 is 53.3 Å². The first-order valence-corrected chi connectivity index (χ1v) is 10.9. The van der Waals surface area contributed by atoms with Crippen LogP contribution in [-0.4, -0.2) is 56.1 Å². The van der Waals surface area contributed by atoms with E-state index in [-0.39, 0.29) is 16.9 Å². The first-order valence-electron chi connectivity index (χ1n) is 10.9. The molecule has 0 aliphatic heterocycles. The van der Waals surface area contributed by atoms with Crippen LogP contribution in [0.1, 0.15) is 28.4 Å². The number of nitrogen functional groups attached to an aromatic ring is 1. The maximum atomic E-state index is 15.2. The standard InChI is InChI=1S/C24H21F5N6O2/c1-12(22(36)33(2)3)34(10-13-4-5-14(6-16(13)25)24(27,28)29)23(37)15-7-19-18(8-17(15)26)32-21(30)20-9-31-11-35(19)20/h4-9,11-12H,10H2,1-3H3,(H2,30,32)/t12-/m1/s1. The SMILES string of the molecule is C[C@H](C(=O)N(C)C)N(Cc1ccc(C(F)(F)F)cc1F)C(=O)c1cc2c(cc1F)nc(N)c1cncn12. The third kappa shape index (κ3) is 4.76. The van der Waals surface area contributed by atoms with E-state index in [4.69, 9.17) is 5.73 Å². The van der Waals surface area contributed by atoms with E-state index >= 15 is 4.39 Å². The molecule has 0 bridgehead atoms. The summed E-state index contributed by atoms with van der Waals surface area (Å²) in [6.45, 7) is 0.763. The van der Waals surface area contributed by atoms with Crippen LogP contribution in [0, 0.1) is 11.6 Å². The Morgan fingerprint density at radius 1 is 1.08 bits per heavy atom. The summed E-state index contributed by atoms with van der Waals surface area (Å²) in [5, 5.41) is 0. The van der Waals surface area contributed by atoms with Crippen LogP contribution in [0.2, 0.25) is 0 Å². The molecule has 2 N–H and O–H groups in total. The molecule has 0 unspecified atom stereocenters. The number of benzene rings is 2. The van der Waals surface area contributed by atoms with Gasteiger partial charge in [-0.05, 0) is 25.1 Å². The highest BCUT2D eigenvalue weighted by Gasteiger charge is 2.33. The van der Waals surface area contributed by atoms with Gasteiger partial charge in [0.25, 0.3) is 5.91 Å². The Labute approximate surface area is 207 Å². The van der Waals surface area contributed by atoms with Gasteiger partial charge >= 0.3 is 6.18 Å². The number of alkyl halides is 3. The third-order valence-corrected chi connectivity index (χ3v) is 5.94. The largest absolute Gasteiger partial charge is 0.416 e. The van der Waals surface area contributed by atoms with Crippen LogP contribution < -0.4 is 5.73 Å². The molecule has 4 aromatic rings. The molecule has 0 saturated heterocycles. The lowest BCUT2D eigenvalue weighted by molar-refractivity contribution is -0.137. The molecule has 0 spiro atoms. The van der Waals surface area contributed by atoms with Gasteiger partial charge in [0, 0.05) is 32.3 Å². The zero-order valence-corrected chi connectivity index (χ0v) is 19.8. The topological polar surface area (TPSA) is 96.8 Å². The fourth-order valence-corrected chi connectivity index (χ4v) is 3.94. The Morgan fingerprint density at radius 3 is 2.41 bits per heavy atom. The number of amides is 2. The summed E-state index contributed by atoms with van der Waals surface area (Å²) < 4.78 is 70.3. The van der Waals surface area contributed by atoms with Gasteiger partial charge in [0.15, 0.2) is 0 Å². The molecule has 37 heavy (non-hydrogen) atoms. The summed E-state index contributed by atoms with van der Waals surface area (Å²) in [4.78, 5) is 36.5. The van der Waals surface area contributed by atoms with Crippen molar-refractivity contribution in [3.05, 3.63) is 71.2 Å². The smallest absolute Gasteiger partial charge is 0.382 e. The quantitative estimate of drug-likeness (QED) is 0.403. The summed E-state index contributed by atoms with van der Waals surface area (Å²) in [5.74, 6) is -3.66. The van der Waals surface area contributed by atoms with Gasteiger partial charge in [-0.3, -0.25) is 14.0 Å². The second kappa shape index (κ2) is 9.30. The number of hydrogen-bond acceptors (Lipinski definition) is 5. The highest BCUT2D eigenvalue weighted by Crippen LogP contribution is 2.31. The van der Waals surface area contributed by atoms with Gasteiger partial charge in [0.05, 0.1) is 34.7 Å². The molecule has 0 aliphatic rings. The minimum absolute atomic E-state index is 0.0908. The van der Waals surface area contributed by atoms with E-state index in [1.807, 2.05) is 0 Å². The van der Waals surface area contributed by atoms with Crippen molar-refractivity contribution in [3.8, 4) is 0 Å². The number of anilines is 1. The number of halogens is 5. The number of imidazole rings is 1. The minimum Gasteiger partial charge on any atom is -0.382 e. The number of carbonyl (C=O) groups excluding carboxylic acids is 2. The second-order valence-electron chi connectivity index (χ2n) is 8.61. The second-order valence-corrected chi connectivity index (χ2v) is 8.61. The number of aromatic nitrogens is 3. The first-order chi connectivity index (χ1) is 17.3. The normalized spacial score (nSPS) is 12.6. The van der Waals surface area contributed by atoms with Crippen molar-refractivity contribution in [2.24, 2.45) is 0 Å². The van der Waals surface area contributed by atoms with Crippen LogP contribution in [0.25, 0.3) is 16.6 Å². The Morgan fingerprint density at radius 2 is 1.78 bits per heavy atom. The van der Waals surface area contributed by atoms with Gasteiger partial charge in [-0.25, -0.2) is 18.7 Å². The van der Waals surface area contributed by atoms with Crippen molar-refractivity contribution in [2.45, 2.75) is 25.7 Å². The molecule has 2 aromatic heterocycles. The van der Waals surface area contributed by atoms with Crippen LogP contribution >= 0.6 is 0 Å². The first kappa shape index (κ1) is 25.8. The van der Waals surface area contributed by atoms with Gasteiger partial charge in [-0.2, -0.15) is 13.2 Å². The highest BCUT2D eigenvalue weighted by molar-refractivity contribution is 6.00. The molecule has 194 valence electrons. The molecular formula is C24H21F5N6O2. The van der Waals surface area contributed by atoms with Gasteiger partial charge in [-0.1, -0.05) is 6.07 Å². The van der Waals surface area contributed by atoms with Crippen LogP contribution in [0.5, 0.6) is 0 Å². The zero-order valence-electron chi connectivity index (χ0n) is 19.8. The summed E-state index contributed by atoms with van der Waals surface area (Å²) in [7, 11) is 2.87. The molecule has 8 nitrogen and oxygen atoms in total. The summed E-state index contributed by atoms with van der Waals surface area (Å²) >= 11 is 0. The van der Waals surface area contributed by atoms with Gasteiger partial charge in [0.1, 0.15) is 29.0 Å². The Kier molecular flexibility index (Phi) is 6.48. The summed E-state index contributed by atoms with van der Waals surface area (Å²) in [5.41, 5.74) is 4.77. The number of hydrogen-bond donors (Lipinski definition) is 1. The average Bonchev–Trinajstić information content (AvgIpc) is 3.32. The maximum Gasteiger partial charge on any atom is 0.416 e. The van der Waals surface area contributed by atoms with Crippen LogP contribution in [-0.2, 0) is 17.5 Å². The number of likely N-dealkylation sites (N-methyl/N-ethyl adjacent to an activating group) is 1. The third-order valence-electron chi connectivity index (χ3n) is 5.94. The van der Waals surface area contributed by atoms with Crippen molar-refractivity contribution in [2.75, 3.05) is 19.8 Å². The number of carbonyl (C=O) groups is 2. The molecule has 0 aliphatic carbocycles. The number of nitrogens with two attached hydrogens (primary N) is 1. The number of fused-ring (bicyclic) bond motifs is 3. The lowest BCUT2D eigenvalue weighted by Crippen LogP contribution is -2.47. The molecule has 0 fully saturated rings. The van der Waals surface area contributed by atoms with Crippen molar-refractivity contribution in [3.63, 3.8) is 0 Å². The molecule has 2 amide bonds. The van der Waals surface area contributed by atoms with Crippen LogP contribution in [0.15, 0.2) is 42.9 Å². The number of rotatable bonds is 5. The zero-order chi connectivity index (χ0) is 27.2. The Hall–Kier alpha value is -4.29. The predicted molar refractivity (Wildman–Crippen MR) is 124 cm³/mol. The molecule has 1 atom stereocenters. The predicted octanol–water partition coefficient (Wildman–Crippen LogP) is 3.88. The number of nitrogens with zero attached hydrogens (tertiary/aromatic N) is 5. The Balaban J connectivity index is 1.81. The molecular weight excluding hydrogens is 499 g/mol. The van der Waals surface area contributed by atoms with Gasteiger partial charge in [0.2, 0.25) is 5.91 Å². The van der Waals surface area contributed by atoms with Crippen molar-refractivity contribution in [1.29, 1.82) is 0 Å². The molecule has 2 aromatic carbocycles. The molecule has 13 heteroatoms. The van der Waals surface area contributed by atoms with Crippen LogP contribution in [0.3, 0.4) is 0 Å². The monoisotopic (exact) mass is 520 g/mol. The Bertz CT molecular complexity index is 1530. The van der Waals surface area contributed by atoms with Crippen molar-refractivity contribution in [1.82, 2.24) is 24.2 Å². The van der Waals surface area contributed by atoms with E-state index in [1.54, 1.807) is 0 Å². The fourth-order valence-electron chi connectivity index (χ4n) is 3.94. The molecule has 2 heterocycles. The summed E-state index contributed by atoms with van der Waals surface area (Å²) in [6.07, 6.45) is -1.94. The minimum atomic E-state index is -4.77. The van der Waals surface area contributed by atoms with Gasteiger partial charge in [-0.15, -0.1) is 0 Å². The average molecular weight is 520 g/mol. The summed E-state index contributed by atoms with van der Waals surface area (Å²) in [6, 6.07) is 2.84. The molecule has 0 radical (unpaired) electrons. The van der Waals surface area contributed by atoms with Crippen molar-refractivity contribution < 1.29 is 31.5 Å². The molecule has 4 rings (SSSR count). The van der Waals surface area contributed by atoms with E-state index in [2.05, 4.69) is 9.97 Å². The van der Waals surface area contributed by atoms with E-state index in [9.17, 15) is 27.2 Å². The maximum absolute atomic E-state index is 15.2. The highest BCUT2D eigenvalue weighted by atomic mass is 19.4. The lowest BCUT2D eigenvalue weighted by Gasteiger charge is -2.30.